The van der Waals surface area contributed by atoms with E-state index in [1.807, 2.05) is 13.8 Å². The van der Waals surface area contributed by atoms with Crippen LogP contribution in [0.2, 0.25) is 5.02 Å². The van der Waals surface area contributed by atoms with Crippen LogP contribution in [0.5, 0.6) is 0 Å². The van der Waals surface area contributed by atoms with Gasteiger partial charge in [-0.3, -0.25) is 19.5 Å². The fourth-order valence-corrected chi connectivity index (χ4v) is 3.75. The summed E-state index contributed by atoms with van der Waals surface area (Å²) in [5.74, 6) is 0.695. The first-order valence-corrected chi connectivity index (χ1v) is 10.8. The van der Waals surface area contributed by atoms with Crippen molar-refractivity contribution in [3.05, 3.63) is 63.6 Å². The maximum absolute atomic E-state index is 13.1. The number of amides is 1. The molecule has 4 aromatic rings. The molecule has 31 heavy (non-hydrogen) atoms. The molecule has 1 amide bonds. The van der Waals surface area contributed by atoms with E-state index >= 15 is 0 Å². The SMILES string of the molecule is CC(C)c1nnc(NC(=O)CSc2nc3cc(Cl)ccc3c(=O)n2Cc2ccco2)o1. The number of hydrogen-bond acceptors (Lipinski definition) is 8. The number of benzene rings is 1. The zero-order chi connectivity index (χ0) is 22.0. The summed E-state index contributed by atoms with van der Waals surface area (Å²) in [6.07, 6.45) is 1.53. The van der Waals surface area contributed by atoms with Gasteiger partial charge in [0.25, 0.3) is 5.56 Å². The minimum absolute atomic E-state index is 0.0178. The van der Waals surface area contributed by atoms with Crippen molar-refractivity contribution in [1.29, 1.82) is 0 Å². The summed E-state index contributed by atoms with van der Waals surface area (Å²) >= 11 is 7.17. The van der Waals surface area contributed by atoms with Crippen molar-refractivity contribution in [3.8, 4) is 0 Å². The van der Waals surface area contributed by atoms with Gasteiger partial charge >= 0.3 is 6.01 Å². The van der Waals surface area contributed by atoms with E-state index in [-0.39, 0.29) is 35.7 Å². The minimum atomic E-state index is -0.367. The first-order chi connectivity index (χ1) is 14.9. The van der Waals surface area contributed by atoms with Crippen molar-refractivity contribution in [2.75, 3.05) is 11.1 Å². The second-order valence-electron chi connectivity index (χ2n) is 6.96. The molecule has 4 rings (SSSR count). The Hall–Kier alpha value is -3.11. The van der Waals surface area contributed by atoms with Gasteiger partial charge in [-0.25, -0.2) is 4.98 Å². The second kappa shape index (κ2) is 8.94. The average molecular weight is 460 g/mol. The lowest BCUT2D eigenvalue weighted by Gasteiger charge is -2.12. The molecular weight excluding hydrogens is 442 g/mol. The number of thioether (sulfide) groups is 1. The summed E-state index contributed by atoms with van der Waals surface area (Å²) in [4.78, 5) is 30.0. The van der Waals surface area contributed by atoms with E-state index in [0.29, 0.717) is 32.7 Å². The van der Waals surface area contributed by atoms with Crippen LogP contribution in [0.25, 0.3) is 10.9 Å². The van der Waals surface area contributed by atoms with Gasteiger partial charge in [-0.1, -0.05) is 42.3 Å². The lowest BCUT2D eigenvalue weighted by atomic mass is 10.2. The third-order valence-electron chi connectivity index (χ3n) is 4.29. The molecule has 0 aliphatic rings. The van der Waals surface area contributed by atoms with Gasteiger partial charge in [-0.15, -0.1) is 5.10 Å². The minimum Gasteiger partial charge on any atom is -0.467 e. The molecule has 11 heteroatoms. The van der Waals surface area contributed by atoms with Crippen LogP contribution in [0.1, 0.15) is 31.4 Å². The Bertz CT molecular complexity index is 1280. The zero-order valence-electron chi connectivity index (χ0n) is 16.7. The van der Waals surface area contributed by atoms with Crippen molar-refractivity contribution in [2.24, 2.45) is 0 Å². The molecule has 3 heterocycles. The van der Waals surface area contributed by atoms with Gasteiger partial charge in [0.15, 0.2) is 5.16 Å². The Morgan fingerprint density at radius 2 is 2.13 bits per heavy atom. The quantitative estimate of drug-likeness (QED) is 0.326. The second-order valence-corrected chi connectivity index (χ2v) is 8.34. The lowest BCUT2D eigenvalue weighted by molar-refractivity contribution is -0.113. The van der Waals surface area contributed by atoms with Crippen LogP contribution in [0.4, 0.5) is 6.01 Å². The van der Waals surface area contributed by atoms with E-state index in [9.17, 15) is 9.59 Å². The van der Waals surface area contributed by atoms with Gasteiger partial charge in [-0.2, -0.15) is 0 Å². The predicted molar refractivity (Wildman–Crippen MR) is 117 cm³/mol. The Labute approximate surface area is 185 Å². The topological polar surface area (TPSA) is 116 Å². The maximum Gasteiger partial charge on any atom is 0.322 e. The van der Waals surface area contributed by atoms with Crippen molar-refractivity contribution in [1.82, 2.24) is 19.7 Å². The van der Waals surface area contributed by atoms with Crippen molar-refractivity contribution in [3.63, 3.8) is 0 Å². The molecular formula is C20H18ClN5O4S. The van der Waals surface area contributed by atoms with Crippen LogP contribution in [0, 0.1) is 0 Å². The molecule has 1 N–H and O–H groups in total. The number of carbonyl (C=O) groups excluding carboxylic acids is 1. The molecule has 0 aliphatic heterocycles. The molecule has 0 bridgehead atoms. The number of halogens is 1. The number of rotatable bonds is 7. The van der Waals surface area contributed by atoms with Crippen molar-refractivity contribution >= 4 is 46.2 Å². The maximum atomic E-state index is 13.1. The van der Waals surface area contributed by atoms with Gasteiger partial charge in [-0.05, 0) is 30.3 Å². The highest BCUT2D eigenvalue weighted by atomic mass is 35.5. The number of nitrogens with zero attached hydrogens (tertiary/aromatic N) is 4. The molecule has 0 saturated carbocycles. The highest BCUT2D eigenvalue weighted by Gasteiger charge is 2.17. The molecule has 0 spiro atoms. The molecule has 0 fully saturated rings. The van der Waals surface area contributed by atoms with Crippen LogP contribution in [0.15, 0.2) is 55.4 Å². The van der Waals surface area contributed by atoms with E-state index < -0.39 is 0 Å². The molecule has 0 atom stereocenters. The van der Waals surface area contributed by atoms with Crippen molar-refractivity contribution in [2.45, 2.75) is 31.5 Å². The number of carbonyl (C=O) groups is 1. The summed E-state index contributed by atoms with van der Waals surface area (Å²) in [6, 6.07) is 8.42. The van der Waals surface area contributed by atoms with Gasteiger partial charge in [0.05, 0.1) is 29.5 Å². The summed E-state index contributed by atoms with van der Waals surface area (Å²) in [5.41, 5.74) is 0.203. The number of fused-ring (bicyclic) bond motifs is 1. The average Bonchev–Trinajstić information content (AvgIpc) is 3.41. The molecule has 3 aromatic heterocycles. The number of hydrogen-bond donors (Lipinski definition) is 1. The lowest BCUT2D eigenvalue weighted by Crippen LogP contribution is -2.24. The standard InChI is InChI=1S/C20H18ClN5O4S/c1-11(2)17-24-25-19(30-17)23-16(27)10-31-20-22-15-8-12(21)5-6-14(15)18(28)26(20)9-13-4-3-7-29-13/h3-8,11H,9-10H2,1-2H3,(H,23,25,27). The normalized spacial score (nSPS) is 11.4. The number of nitrogens with one attached hydrogen (secondary N) is 1. The van der Waals surface area contributed by atoms with Crippen LogP contribution < -0.4 is 10.9 Å². The van der Waals surface area contributed by atoms with Crippen LogP contribution in [-0.2, 0) is 11.3 Å². The Balaban J connectivity index is 1.58. The van der Waals surface area contributed by atoms with Gasteiger partial charge < -0.3 is 8.83 Å². The summed E-state index contributed by atoms with van der Waals surface area (Å²) in [7, 11) is 0. The van der Waals surface area contributed by atoms with Crippen LogP contribution in [0.3, 0.4) is 0 Å². The third-order valence-corrected chi connectivity index (χ3v) is 5.50. The summed E-state index contributed by atoms with van der Waals surface area (Å²) in [5, 5.41) is 11.5. The summed E-state index contributed by atoms with van der Waals surface area (Å²) < 4.78 is 12.2. The van der Waals surface area contributed by atoms with E-state index in [1.165, 1.54) is 10.8 Å². The smallest absolute Gasteiger partial charge is 0.322 e. The number of furan rings is 1. The van der Waals surface area contributed by atoms with Crippen molar-refractivity contribution < 1.29 is 13.6 Å². The first-order valence-electron chi connectivity index (χ1n) is 9.39. The molecule has 160 valence electrons. The molecule has 1 aromatic carbocycles. The molecule has 0 saturated heterocycles. The van der Waals surface area contributed by atoms with Gasteiger partial charge in [0.2, 0.25) is 11.8 Å². The first kappa shape index (κ1) is 21.1. The van der Waals surface area contributed by atoms with E-state index in [4.69, 9.17) is 20.4 Å². The Morgan fingerprint density at radius 3 is 2.84 bits per heavy atom. The molecule has 9 nitrogen and oxygen atoms in total. The fourth-order valence-electron chi connectivity index (χ4n) is 2.79. The van der Waals surface area contributed by atoms with E-state index in [2.05, 4.69) is 20.5 Å². The Kier molecular flexibility index (Phi) is 6.10. The molecule has 0 aliphatic carbocycles. The van der Waals surface area contributed by atoms with E-state index in [1.54, 1.807) is 30.3 Å². The fraction of sp³-hybridized carbons (Fsp3) is 0.250. The summed E-state index contributed by atoms with van der Waals surface area (Å²) in [6.45, 7) is 4.00. The highest BCUT2D eigenvalue weighted by molar-refractivity contribution is 7.99. The highest BCUT2D eigenvalue weighted by Crippen LogP contribution is 2.22. The van der Waals surface area contributed by atoms with Gasteiger partial charge in [0, 0.05) is 10.9 Å². The third kappa shape index (κ3) is 4.80. The Morgan fingerprint density at radius 1 is 1.29 bits per heavy atom. The van der Waals surface area contributed by atoms with E-state index in [0.717, 1.165) is 11.8 Å². The van der Waals surface area contributed by atoms with Crippen LogP contribution >= 0.6 is 23.4 Å². The molecule has 0 radical (unpaired) electrons. The number of anilines is 1. The zero-order valence-corrected chi connectivity index (χ0v) is 18.2. The number of aromatic nitrogens is 4. The van der Waals surface area contributed by atoms with Gasteiger partial charge in [0.1, 0.15) is 5.76 Å². The monoisotopic (exact) mass is 459 g/mol. The predicted octanol–water partition coefficient (Wildman–Crippen LogP) is 3.93. The largest absolute Gasteiger partial charge is 0.467 e. The molecule has 0 unspecified atom stereocenters. The van der Waals surface area contributed by atoms with Crippen LogP contribution in [-0.4, -0.2) is 31.4 Å².